The number of anilines is 1. The summed E-state index contributed by atoms with van der Waals surface area (Å²) in [5.74, 6) is 0.210. The Balaban J connectivity index is 2.36. The van der Waals surface area contributed by atoms with Crippen molar-refractivity contribution in [3.05, 3.63) is 12.1 Å². The molecule has 0 aromatic carbocycles. The van der Waals surface area contributed by atoms with Crippen LogP contribution in [0.3, 0.4) is 0 Å². The molecule has 1 aromatic rings. The molecule has 0 radical (unpaired) electrons. The van der Waals surface area contributed by atoms with Crippen LogP contribution in [0.2, 0.25) is 0 Å². The molecule has 1 aliphatic rings. The maximum Gasteiger partial charge on any atom is 0.259 e. The molecule has 6 heteroatoms. The van der Waals surface area contributed by atoms with Gasteiger partial charge in [-0.1, -0.05) is 6.58 Å². The van der Waals surface area contributed by atoms with Crippen LogP contribution in [0.15, 0.2) is 11.6 Å². The topological polar surface area (TPSA) is 85.3 Å². The summed E-state index contributed by atoms with van der Waals surface area (Å²) in [6.07, 6.45) is 3.45. The molecule has 0 aliphatic heterocycles. The molecular formula is C10H13N5O. The molecule has 1 fully saturated rings. The van der Waals surface area contributed by atoms with Gasteiger partial charge in [-0.05, 0) is 19.6 Å². The molecule has 0 spiro atoms. The van der Waals surface area contributed by atoms with Gasteiger partial charge in [-0.15, -0.1) is 5.10 Å². The van der Waals surface area contributed by atoms with E-state index in [1.54, 1.807) is 0 Å². The molecule has 1 aromatic heterocycles. The molecular weight excluding hydrogens is 206 g/mol. The van der Waals surface area contributed by atoms with Crippen molar-refractivity contribution >= 4 is 30.5 Å². The summed E-state index contributed by atoms with van der Waals surface area (Å²) in [7, 11) is 0. The quantitative estimate of drug-likeness (QED) is 0.734. The van der Waals surface area contributed by atoms with Crippen molar-refractivity contribution in [3.63, 3.8) is 0 Å². The van der Waals surface area contributed by atoms with Gasteiger partial charge in [0.1, 0.15) is 5.56 Å². The first kappa shape index (κ1) is 10.4. The number of nitrogens with two attached hydrogens (primary N) is 1. The zero-order chi connectivity index (χ0) is 11.7. The number of rotatable bonds is 4. The Bertz CT molecular complexity index is 458. The highest BCUT2D eigenvalue weighted by Gasteiger charge is 2.28. The highest BCUT2D eigenvalue weighted by Crippen LogP contribution is 2.26. The molecule has 3 N–H and O–H groups in total. The number of nitrogen functional groups attached to an aromatic ring is 1. The van der Waals surface area contributed by atoms with Crippen LogP contribution < -0.4 is 11.1 Å². The lowest BCUT2D eigenvalue weighted by Gasteiger charge is -2.02. The van der Waals surface area contributed by atoms with E-state index in [9.17, 15) is 4.79 Å². The van der Waals surface area contributed by atoms with E-state index >= 15 is 0 Å². The summed E-state index contributed by atoms with van der Waals surface area (Å²) in [6.45, 7) is 6.95. The van der Waals surface area contributed by atoms with Crippen LogP contribution >= 0.6 is 0 Å². The Labute approximate surface area is 92.8 Å². The maximum absolute atomic E-state index is 11.9. The number of nitrogens with one attached hydrogen (secondary N) is 1. The summed E-state index contributed by atoms with van der Waals surface area (Å²) < 4.78 is 1.34. The van der Waals surface area contributed by atoms with Crippen molar-refractivity contribution in [2.45, 2.75) is 18.9 Å². The van der Waals surface area contributed by atoms with E-state index in [-0.39, 0.29) is 23.3 Å². The van der Waals surface area contributed by atoms with Crippen molar-refractivity contribution in [1.82, 2.24) is 15.1 Å². The van der Waals surface area contributed by atoms with Crippen molar-refractivity contribution in [3.8, 4) is 0 Å². The zero-order valence-corrected chi connectivity index (χ0v) is 8.81. The van der Waals surface area contributed by atoms with Gasteiger partial charge in [-0.25, -0.2) is 9.67 Å². The Kier molecular flexibility index (Phi) is 2.47. The van der Waals surface area contributed by atoms with Gasteiger partial charge in [0.2, 0.25) is 0 Å². The Morgan fingerprint density at radius 2 is 2.38 bits per heavy atom. The van der Waals surface area contributed by atoms with Gasteiger partial charge in [0, 0.05) is 12.2 Å². The summed E-state index contributed by atoms with van der Waals surface area (Å²) in [6, 6.07) is 0.261. The number of nitrogens with zero attached hydrogens (tertiary/aromatic N) is 3. The van der Waals surface area contributed by atoms with Crippen LogP contribution in [-0.2, 0) is 0 Å². The minimum atomic E-state index is -0.254. The lowest BCUT2D eigenvalue weighted by molar-refractivity contribution is 0.0952. The summed E-state index contributed by atoms with van der Waals surface area (Å²) in [4.78, 5) is 15.6. The van der Waals surface area contributed by atoms with Gasteiger partial charge in [0.25, 0.3) is 5.91 Å². The zero-order valence-electron chi connectivity index (χ0n) is 8.81. The number of aliphatic imine (C=N–C) groups is 1. The monoisotopic (exact) mass is 219 g/mol. The number of hydrogen-bond acceptors (Lipinski definition) is 4. The maximum atomic E-state index is 11.9. The van der Waals surface area contributed by atoms with Crippen molar-refractivity contribution in [2.24, 2.45) is 4.99 Å². The predicted octanol–water partition coefficient (Wildman–Crippen LogP) is 0.790. The summed E-state index contributed by atoms with van der Waals surface area (Å²) >= 11 is 0. The van der Waals surface area contributed by atoms with Crippen LogP contribution in [0.25, 0.3) is 6.20 Å². The lowest BCUT2D eigenvalue weighted by Crippen LogP contribution is -2.25. The molecule has 16 heavy (non-hydrogen) atoms. The standard InChI is InChI=1S/C10H13N5O/c1-3-15-9(12-2)7(8(11)14-15)10(16)13-6-4-5-6/h3,6H,1-2,4-5H2,(H2,11,14)(H,13,16). The van der Waals surface area contributed by atoms with E-state index in [0.29, 0.717) is 5.82 Å². The van der Waals surface area contributed by atoms with Crippen LogP contribution in [0.5, 0.6) is 0 Å². The van der Waals surface area contributed by atoms with Crippen LogP contribution in [0.4, 0.5) is 11.6 Å². The Morgan fingerprint density at radius 3 is 2.88 bits per heavy atom. The number of carbonyl (C=O) groups is 1. The Morgan fingerprint density at radius 1 is 1.69 bits per heavy atom. The van der Waals surface area contributed by atoms with Gasteiger partial charge < -0.3 is 11.1 Å². The van der Waals surface area contributed by atoms with E-state index in [1.807, 2.05) is 0 Å². The molecule has 1 saturated carbocycles. The molecule has 0 saturated heterocycles. The number of hydrogen-bond donors (Lipinski definition) is 2. The third-order valence-corrected chi connectivity index (χ3v) is 2.37. The fraction of sp³-hybridized carbons (Fsp3) is 0.300. The fourth-order valence-corrected chi connectivity index (χ4v) is 1.42. The normalized spacial score (nSPS) is 14.5. The predicted molar refractivity (Wildman–Crippen MR) is 62.7 cm³/mol. The van der Waals surface area contributed by atoms with E-state index in [1.165, 1.54) is 10.9 Å². The first-order chi connectivity index (χ1) is 7.67. The molecule has 1 aliphatic carbocycles. The van der Waals surface area contributed by atoms with Gasteiger partial charge in [0.15, 0.2) is 11.6 Å². The second-order valence-electron chi connectivity index (χ2n) is 3.62. The average Bonchev–Trinajstić information content (AvgIpc) is 2.99. The van der Waals surface area contributed by atoms with Crippen molar-refractivity contribution in [2.75, 3.05) is 5.73 Å². The van der Waals surface area contributed by atoms with Gasteiger partial charge in [0.05, 0.1) is 0 Å². The fourth-order valence-electron chi connectivity index (χ4n) is 1.42. The average molecular weight is 219 g/mol. The van der Waals surface area contributed by atoms with Crippen molar-refractivity contribution < 1.29 is 4.79 Å². The first-order valence-corrected chi connectivity index (χ1v) is 4.95. The summed E-state index contributed by atoms with van der Waals surface area (Å²) in [5.41, 5.74) is 5.93. The molecule has 2 rings (SSSR count). The van der Waals surface area contributed by atoms with Crippen LogP contribution in [-0.4, -0.2) is 28.4 Å². The molecule has 84 valence electrons. The second-order valence-corrected chi connectivity index (χ2v) is 3.62. The van der Waals surface area contributed by atoms with Crippen LogP contribution in [0, 0.1) is 0 Å². The van der Waals surface area contributed by atoms with Gasteiger partial charge in [-0.3, -0.25) is 4.79 Å². The smallest absolute Gasteiger partial charge is 0.259 e. The van der Waals surface area contributed by atoms with Gasteiger partial charge >= 0.3 is 0 Å². The molecule has 1 amide bonds. The molecule has 0 bridgehead atoms. The first-order valence-electron chi connectivity index (χ1n) is 4.95. The van der Waals surface area contributed by atoms with E-state index < -0.39 is 0 Å². The highest BCUT2D eigenvalue weighted by atomic mass is 16.1. The Hall–Kier alpha value is -2.11. The number of carbonyl (C=O) groups excluding carboxylic acids is 1. The van der Waals surface area contributed by atoms with E-state index in [4.69, 9.17) is 5.73 Å². The SMILES string of the molecule is C=Cn1nc(N)c(C(=O)NC2CC2)c1N=C. The lowest BCUT2D eigenvalue weighted by atomic mass is 10.2. The third kappa shape index (κ3) is 1.69. The molecule has 0 unspecified atom stereocenters. The van der Waals surface area contributed by atoms with Crippen molar-refractivity contribution in [1.29, 1.82) is 0 Å². The minimum Gasteiger partial charge on any atom is -0.381 e. The third-order valence-electron chi connectivity index (χ3n) is 2.37. The second kappa shape index (κ2) is 3.80. The largest absolute Gasteiger partial charge is 0.381 e. The van der Waals surface area contributed by atoms with Crippen LogP contribution in [0.1, 0.15) is 23.2 Å². The number of aromatic nitrogens is 2. The minimum absolute atomic E-state index is 0.139. The molecule has 0 atom stereocenters. The summed E-state index contributed by atoms with van der Waals surface area (Å²) in [5, 5.41) is 6.76. The van der Waals surface area contributed by atoms with E-state index in [2.05, 4.69) is 28.7 Å². The molecule has 6 nitrogen and oxygen atoms in total. The number of amides is 1. The van der Waals surface area contributed by atoms with Gasteiger partial charge in [-0.2, -0.15) is 0 Å². The molecule has 1 heterocycles. The highest BCUT2D eigenvalue weighted by molar-refractivity contribution is 6.03. The van der Waals surface area contributed by atoms with E-state index in [0.717, 1.165) is 12.8 Å².